The molecule has 1 nitrogen and oxygen atoms in total. The van der Waals surface area contributed by atoms with Gasteiger partial charge in [0.25, 0.3) is 0 Å². The van der Waals surface area contributed by atoms with Crippen LogP contribution < -0.4 is 0 Å². The highest BCUT2D eigenvalue weighted by molar-refractivity contribution is 7.80. The van der Waals surface area contributed by atoms with Crippen LogP contribution in [0.5, 0.6) is 0 Å². The van der Waals surface area contributed by atoms with Gasteiger partial charge in [-0.2, -0.15) is 12.6 Å². The fourth-order valence-electron chi connectivity index (χ4n) is 2.57. The van der Waals surface area contributed by atoms with Crippen molar-refractivity contribution in [1.82, 2.24) is 4.90 Å². The SMILES string of the molecule is CN(Cc1ccc(F)cc1)CC1(CS)CCC1. The molecule has 0 saturated heterocycles. The number of nitrogens with zero attached hydrogens (tertiary/aromatic N) is 1. The standard InChI is InChI=1S/C14H20FNS/c1-16(10-14(11-17)7-2-8-14)9-12-3-5-13(15)6-4-12/h3-6,17H,2,7-11H2,1H3. The molecule has 0 aliphatic heterocycles. The molecule has 1 aromatic rings. The molecule has 0 radical (unpaired) electrons. The van der Waals surface area contributed by atoms with Crippen LogP contribution in [0.15, 0.2) is 24.3 Å². The van der Waals surface area contributed by atoms with Gasteiger partial charge in [-0.25, -0.2) is 4.39 Å². The molecule has 0 amide bonds. The molecule has 0 unspecified atom stereocenters. The molecule has 1 aliphatic rings. The fourth-order valence-corrected chi connectivity index (χ4v) is 2.99. The third kappa shape index (κ3) is 3.23. The molecule has 1 saturated carbocycles. The summed E-state index contributed by atoms with van der Waals surface area (Å²) in [6, 6.07) is 6.78. The van der Waals surface area contributed by atoms with Gasteiger partial charge in [-0.15, -0.1) is 0 Å². The van der Waals surface area contributed by atoms with E-state index in [0.717, 1.165) is 18.8 Å². The third-order valence-electron chi connectivity index (χ3n) is 3.72. The Bertz CT molecular complexity index is 353. The second-order valence-electron chi connectivity index (χ2n) is 5.31. The van der Waals surface area contributed by atoms with Crippen molar-refractivity contribution in [2.45, 2.75) is 25.8 Å². The Hall–Kier alpha value is -0.540. The van der Waals surface area contributed by atoms with Crippen LogP contribution in [-0.2, 0) is 6.54 Å². The molecule has 0 spiro atoms. The maximum absolute atomic E-state index is 12.8. The molecule has 2 rings (SSSR count). The van der Waals surface area contributed by atoms with Gasteiger partial charge in [-0.1, -0.05) is 18.6 Å². The summed E-state index contributed by atoms with van der Waals surface area (Å²) in [6.07, 6.45) is 3.93. The predicted molar refractivity (Wildman–Crippen MR) is 72.9 cm³/mol. The number of halogens is 1. The van der Waals surface area contributed by atoms with E-state index in [1.807, 2.05) is 12.1 Å². The van der Waals surface area contributed by atoms with Gasteiger partial charge >= 0.3 is 0 Å². The van der Waals surface area contributed by atoms with E-state index >= 15 is 0 Å². The van der Waals surface area contributed by atoms with Gasteiger partial charge in [0, 0.05) is 13.1 Å². The highest BCUT2D eigenvalue weighted by atomic mass is 32.1. The van der Waals surface area contributed by atoms with Crippen molar-refractivity contribution < 1.29 is 4.39 Å². The average Bonchev–Trinajstić information content (AvgIpc) is 2.27. The van der Waals surface area contributed by atoms with E-state index in [-0.39, 0.29) is 5.82 Å². The van der Waals surface area contributed by atoms with E-state index in [1.54, 1.807) is 0 Å². The van der Waals surface area contributed by atoms with E-state index in [0.29, 0.717) is 5.41 Å². The van der Waals surface area contributed by atoms with E-state index < -0.39 is 0 Å². The molecule has 0 bridgehead atoms. The van der Waals surface area contributed by atoms with Gasteiger partial charge in [-0.3, -0.25) is 0 Å². The van der Waals surface area contributed by atoms with Crippen LogP contribution in [0.3, 0.4) is 0 Å². The lowest BCUT2D eigenvalue weighted by molar-refractivity contribution is 0.101. The molecular formula is C14H20FNS. The van der Waals surface area contributed by atoms with Crippen LogP contribution in [0.2, 0.25) is 0 Å². The van der Waals surface area contributed by atoms with Crippen molar-refractivity contribution in [1.29, 1.82) is 0 Å². The van der Waals surface area contributed by atoms with Crippen molar-refractivity contribution in [3.05, 3.63) is 35.6 Å². The average molecular weight is 253 g/mol. The minimum atomic E-state index is -0.165. The van der Waals surface area contributed by atoms with Crippen LogP contribution in [0.25, 0.3) is 0 Å². The van der Waals surface area contributed by atoms with Crippen LogP contribution in [0.4, 0.5) is 4.39 Å². The van der Waals surface area contributed by atoms with Crippen molar-refractivity contribution in [2.75, 3.05) is 19.3 Å². The Balaban J connectivity index is 1.88. The zero-order chi connectivity index (χ0) is 12.3. The quantitative estimate of drug-likeness (QED) is 0.788. The number of benzene rings is 1. The molecule has 1 aliphatic carbocycles. The van der Waals surface area contributed by atoms with Crippen LogP contribution in [0, 0.1) is 11.2 Å². The van der Waals surface area contributed by atoms with Crippen molar-refractivity contribution >= 4 is 12.6 Å². The predicted octanol–water partition coefficient (Wildman–Crippen LogP) is 3.36. The van der Waals surface area contributed by atoms with Crippen LogP contribution in [-0.4, -0.2) is 24.2 Å². The summed E-state index contributed by atoms with van der Waals surface area (Å²) in [5.74, 6) is 0.808. The molecule has 94 valence electrons. The zero-order valence-corrected chi connectivity index (χ0v) is 11.2. The lowest BCUT2D eigenvalue weighted by atomic mass is 9.70. The Labute approximate surface area is 108 Å². The van der Waals surface area contributed by atoms with Crippen molar-refractivity contribution in [3.8, 4) is 0 Å². The van der Waals surface area contributed by atoms with E-state index in [2.05, 4.69) is 24.6 Å². The molecular weight excluding hydrogens is 233 g/mol. The van der Waals surface area contributed by atoms with Crippen LogP contribution >= 0.6 is 12.6 Å². The first-order chi connectivity index (χ1) is 8.13. The first-order valence-electron chi connectivity index (χ1n) is 6.17. The van der Waals surface area contributed by atoms with Gasteiger partial charge < -0.3 is 4.90 Å². The minimum absolute atomic E-state index is 0.165. The molecule has 0 heterocycles. The largest absolute Gasteiger partial charge is 0.302 e. The summed E-state index contributed by atoms with van der Waals surface area (Å²) in [5.41, 5.74) is 1.60. The Morgan fingerprint density at radius 3 is 2.41 bits per heavy atom. The van der Waals surface area contributed by atoms with Crippen molar-refractivity contribution in [2.24, 2.45) is 5.41 Å². The monoisotopic (exact) mass is 253 g/mol. The maximum Gasteiger partial charge on any atom is 0.123 e. The Morgan fingerprint density at radius 1 is 1.29 bits per heavy atom. The summed E-state index contributed by atoms with van der Waals surface area (Å²) < 4.78 is 12.8. The summed E-state index contributed by atoms with van der Waals surface area (Å²) in [4.78, 5) is 2.32. The normalized spacial score (nSPS) is 18.1. The molecule has 0 N–H and O–H groups in total. The highest BCUT2D eigenvalue weighted by Gasteiger charge is 2.36. The number of hydrogen-bond donors (Lipinski definition) is 1. The lowest BCUT2D eigenvalue weighted by Crippen LogP contribution is -2.42. The van der Waals surface area contributed by atoms with Crippen molar-refractivity contribution in [3.63, 3.8) is 0 Å². The summed E-state index contributed by atoms with van der Waals surface area (Å²) in [7, 11) is 2.13. The number of hydrogen-bond acceptors (Lipinski definition) is 2. The van der Waals surface area contributed by atoms with E-state index in [4.69, 9.17) is 0 Å². The van der Waals surface area contributed by atoms with E-state index in [9.17, 15) is 4.39 Å². The smallest absolute Gasteiger partial charge is 0.123 e. The molecule has 1 fully saturated rings. The molecule has 17 heavy (non-hydrogen) atoms. The van der Waals surface area contributed by atoms with Gasteiger partial charge in [0.1, 0.15) is 5.82 Å². The summed E-state index contributed by atoms with van der Waals surface area (Å²) >= 11 is 4.47. The van der Waals surface area contributed by atoms with Gasteiger partial charge in [0.2, 0.25) is 0 Å². The number of rotatable bonds is 5. The van der Waals surface area contributed by atoms with E-state index in [1.165, 1.54) is 37.0 Å². The third-order valence-corrected chi connectivity index (χ3v) is 4.39. The molecule has 0 aromatic heterocycles. The topological polar surface area (TPSA) is 3.24 Å². The zero-order valence-electron chi connectivity index (χ0n) is 10.3. The summed E-state index contributed by atoms with van der Waals surface area (Å²) in [6.45, 7) is 1.98. The Kier molecular flexibility index (Phi) is 4.10. The Morgan fingerprint density at radius 2 is 1.94 bits per heavy atom. The first kappa shape index (κ1) is 12.9. The molecule has 0 atom stereocenters. The summed E-state index contributed by atoms with van der Waals surface area (Å²) in [5, 5.41) is 0. The maximum atomic E-state index is 12.8. The fraction of sp³-hybridized carbons (Fsp3) is 0.571. The molecule has 3 heteroatoms. The lowest BCUT2D eigenvalue weighted by Gasteiger charge is -2.43. The first-order valence-corrected chi connectivity index (χ1v) is 6.81. The van der Waals surface area contributed by atoms with Gasteiger partial charge in [0.05, 0.1) is 0 Å². The second kappa shape index (κ2) is 5.40. The van der Waals surface area contributed by atoms with Gasteiger partial charge in [0.15, 0.2) is 0 Å². The molecule has 1 aromatic carbocycles. The van der Waals surface area contributed by atoms with Crippen LogP contribution in [0.1, 0.15) is 24.8 Å². The second-order valence-corrected chi connectivity index (χ2v) is 5.63. The minimum Gasteiger partial charge on any atom is -0.302 e. The number of thiol groups is 1. The van der Waals surface area contributed by atoms with Gasteiger partial charge in [-0.05, 0) is 48.8 Å². The highest BCUT2D eigenvalue weighted by Crippen LogP contribution is 2.42.